The minimum Gasteiger partial charge on any atom is -0.486 e. The summed E-state index contributed by atoms with van der Waals surface area (Å²) < 4.78 is 43.7. The van der Waals surface area contributed by atoms with Gasteiger partial charge in [-0.1, -0.05) is 18.6 Å². The molecule has 0 saturated heterocycles. The molecule has 2 N–H and O–H groups in total. The quantitative estimate of drug-likeness (QED) is 0.434. The molecular formula is C23H25N3O6S. The first-order valence-corrected chi connectivity index (χ1v) is 12.2. The highest BCUT2D eigenvalue weighted by molar-refractivity contribution is 7.89. The van der Waals surface area contributed by atoms with Gasteiger partial charge in [-0.2, -0.15) is 0 Å². The molecule has 3 aromatic rings. The SMILES string of the molecule is O=C(CCCCCNS(=O)(=O)c1ccc2c(c1)OCCO2)Nc1cccc(-c2cnco2)c1. The number of oxazole rings is 1. The van der Waals surface area contributed by atoms with Crippen molar-refractivity contribution in [1.29, 1.82) is 0 Å². The van der Waals surface area contributed by atoms with Crippen molar-refractivity contribution in [1.82, 2.24) is 9.71 Å². The van der Waals surface area contributed by atoms with Crippen LogP contribution in [0.25, 0.3) is 11.3 Å². The zero-order chi connectivity index (χ0) is 23.1. The predicted octanol–water partition coefficient (Wildman–Crippen LogP) is 3.59. The van der Waals surface area contributed by atoms with Crippen LogP contribution in [-0.2, 0) is 14.8 Å². The standard InChI is InChI=1S/C23H25N3O6S/c27-23(26-18-6-4-5-17(13-18)22-15-24-16-32-22)7-2-1-3-10-25-33(28,29)19-8-9-20-21(14-19)31-12-11-30-20/h4-6,8-9,13-16,25H,1-3,7,10-12H2,(H,26,27). The third-order valence-corrected chi connectivity index (χ3v) is 6.52. The smallest absolute Gasteiger partial charge is 0.240 e. The molecule has 0 aliphatic carbocycles. The van der Waals surface area contributed by atoms with Crippen molar-refractivity contribution in [3.8, 4) is 22.8 Å². The molecule has 10 heteroatoms. The molecule has 174 valence electrons. The number of hydrogen-bond donors (Lipinski definition) is 2. The van der Waals surface area contributed by atoms with E-state index in [0.717, 1.165) is 12.0 Å². The second-order valence-corrected chi connectivity index (χ2v) is 9.28. The van der Waals surface area contributed by atoms with E-state index in [1.807, 2.05) is 24.3 Å². The number of nitrogens with one attached hydrogen (secondary N) is 2. The number of unbranched alkanes of at least 4 members (excludes halogenated alkanes) is 2. The van der Waals surface area contributed by atoms with Crippen molar-refractivity contribution in [2.75, 3.05) is 25.1 Å². The molecule has 2 heterocycles. The molecule has 2 aromatic carbocycles. The van der Waals surface area contributed by atoms with Crippen molar-refractivity contribution >= 4 is 21.6 Å². The highest BCUT2D eigenvalue weighted by Crippen LogP contribution is 2.32. The number of amides is 1. The number of hydrogen-bond acceptors (Lipinski definition) is 7. The highest BCUT2D eigenvalue weighted by atomic mass is 32.2. The molecule has 0 fully saturated rings. The summed E-state index contributed by atoms with van der Waals surface area (Å²) in [5.74, 6) is 1.51. The zero-order valence-electron chi connectivity index (χ0n) is 18.0. The van der Waals surface area contributed by atoms with Gasteiger partial charge in [0.25, 0.3) is 0 Å². The molecule has 0 bridgehead atoms. The van der Waals surface area contributed by atoms with E-state index in [4.69, 9.17) is 13.9 Å². The lowest BCUT2D eigenvalue weighted by Crippen LogP contribution is -2.25. The minimum absolute atomic E-state index is 0.0958. The Balaban J connectivity index is 1.17. The predicted molar refractivity (Wildman–Crippen MR) is 122 cm³/mol. The Morgan fingerprint density at radius 3 is 2.67 bits per heavy atom. The number of anilines is 1. The van der Waals surface area contributed by atoms with Gasteiger partial charge in [-0.3, -0.25) is 4.79 Å². The van der Waals surface area contributed by atoms with Gasteiger partial charge in [-0.15, -0.1) is 0 Å². The normalized spacial score (nSPS) is 13.0. The number of ether oxygens (including phenoxy) is 2. The van der Waals surface area contributed by atoms with Crippen LogP contribution in [0, 0.1) is 0 Å². The van der Waals surface area contributed by atoms with Gasteiger partial charge in [0.2, 0.25) is 15.9 Å². The highest BCUT2D eigenvalue weighted by Gasteiger charge is 2.19. The average Bonchev–Trinajstić information content (AvgIpc) is 3.36. The van der Waals surface area contributed by atoms with Crippen LogP contribution in [-0.4, -0.2) is 39.1 Å². The fourth-order valence-electron chi connectivity index (χ4n) is 3.40. The summed E-state index contributed by atoms with van der Waals surface area (Å²) >= 11 is 0. The van der Waals surface area contributed by atoms with Crippen molar-refractivity contribution in [3.63, 3.8) is 0 Å². The number of benzene rings is 2. The first-order valence-electron chi connectivity index (χ1n) is 10.7. The van der Waals surface area contributed by atoms with Crippen LogP contribution in [0.1, 0.15) is 25.7 Å². The monoisotopic (exact) mass is 471 g/mol. The van der Waals surface area contributed by atoms with Crippen molar-refractivity contribution in [2.24, 2.45) is 0 Å². The summed E-state index contributed by atoms with van der Waals surface area (Å²) in [4.78, 5) is 16.3. The van der Waals surface area contributed by atoms with E-state index in [0.29, 0.717) is 55.4 Å². The Morgan fingerprint density at radius 1 is 1.00 bits per heavy atom. The Morgan fingerprint density at radius 2 is 1.85 bits per heavy atom. The van der Waals surface area contributed by atoms with E-state index >= 15 is 0 Å². The van der Waals surface area contributed by atoms with Crippen LogP contribution in [0.3, 0.4) is 0 Å². The molecule has 0 atom stereocenters. The van der Waals surface area contributed by atoms with E-state index in [2.05, 4.69) is 15.0 Å². The maximum Gasteiger partial charge on any atom is 0.240 e. The molecule has 0 saturated carbocycles. The van der Waals surface area contributed by atoms with Gasteiger partial charge in [-0.05, 0) is 37.1 Å². The molecule has 0 radical (unpaired) electrons. The van der Waals surface area contributed by atoms with Gasteiger partial charge < -0.3 is 19.2 Å². The van der Waals surface area contributed by atoms with Crippen LogP contribution in [0.2, 0.25) is 0 Å². The third kappa shape index (κ3) is 6.11. The fraction of sp³-hybridized carbons (Fsp3) is 0.304. The molecular weight excluding hydrogens is 446 g/mol. The zero-order valence-corrected chi connectivity index (χ0v) is 18.8. The Bertz CT molecular complexity index is 1190. The lowest BCUT2D eigenvalue weighted by molar-refractivity contribution is -0.116. The van der Waals surface area contributed by atoms with E-state index in [-0.39, 0.29) is 17.3 Å². The average molecular weight is 472 g/mol. The molecule has 33 heavy (non-hydrogen) atoms. The molecule has 1 aromatic heterocycles. The second-order valence-electron chi connectivity index (χ2n) is 7.51. The summed E-state index contributed by atoms with van der Waals surface area (Å²) in [6.45, 7) is 1.13. The number of carbonyl (C=O) groups is 1. The minimum atomic E-state index is -3.64. The van der Waals surface area contributed by atoms with Gasteiger partial charge in [0, 0.05) is 30.3 Å². The van der Waals surface area contributed by atoms with Gasteiger partial charge in [0.05, 0.1) is 11.1 Å². The van der Waals surface area contributed by atoms with Gasteiger partial charge in [0.15, 0.2) is 23.7 Å². The van der Waals surface area contributed by atoms with E-state index in [9.17, 15) is 13.2 Å². The molecule has 4 rings (SSSR count). The van der Waals surface area contributed by atoms with Gasteiger partial charge in [0.1, 0.15) is 13.2 Å². The maximum atomic E-state index is 12.5. The third-order valence-electron chi connectivity index (χ3n) is 5.06. The Hall–Kier alpha value is -3.37. The fourth-order valence-corrected chi connectivity index (χ4v) is 4.49. The number of sulfonamides is 1. The number of aromatic nitrogens is 1. The van der Waals surface area contributed by atoms with Crippen LogP contribution in [0.5, 0.6) is 11.5 Å². The summed E-state index contributed by atoms with van der Waals surface area (Å²) in [6, 6.07) is 11.9. The number of fused-ring (bicyclic) bond motifs is 1. The van der Waals surface area contributed by atoms with Crippen molar-refractivity contribution < 1.29 is 27.1 Å². The molecule has 0 unspecified atom stereocenters. The number of rotatable bonds is 10. The van der Waals surface area contributed by atoms with Gasteiger partial charge >= 0.3 is 0 Å². The van der Waals surface area contributed by atoms with E-state index < -0.39 is 10.0 Å². The molecule has 1 amide bonds. The van der Waals surface area contributed by atoms with Crippen LogP contribution >= 0.6 is 0 Å². The van der Waals surface area contributed by atoms with Crippen LogP contribution in [0.15, 0.2) is 64.4 Å². The Kier molecular flexibility index (Phi) is 7.26. The summed E-state index contributed by atoms with van der Waals surface area (Å²) in [6.07, 6.45) is 5.31. The Labute approximate surface area is 192 Å². The second kappa shape index (κ2) is 10.5. The van der Waals surface area contributed by atoms with E-state index in [1.165, 1.54) is 18.5 Å². The lowest BCUT2D eigenvalue weighted by atomic mass is 10.1. The summed E-state index contributed by atoms with van der Waals surface area (Å²) in [5, 5.41) is 2.87. The molecule has 9 nitrogen and oxygen atoms in total. The largest absolute Gasteiger partial charge is 0.486 e. The molecule has 1 aliphatic heterocycles. The molecule has 0 spiro atoms. The van der Waals surface area contributed by atoms with E-state index in [1.54, 1.807) is 12.3 Å². The lowest BCUT2D eigenvalue weighted by Gasteiger charge is -2.18. The van der Waals surface area contributed by atoms with Crippen LogP contribution < -0.4 is 19.5 Å². The van der Waals surface area contributed by atoms with Crippen molar-refractivity contribution in [2.45, 2.75) is 30.6 Å². The van der Waals surface area contributed by atoms with Crippen molar-refractivity contribution in [3.05, 3.63) is 55.1 Å². The van der Waals surface area contributed by atoms with Gasteiger partial charge in [-0.25, -0.2) is 18.1 Å². The molecule has 1 aliphatic rings. The number of nitrogens with zero attached hydrogens (tertiary/aromatic N) is 1. The topological polar surface area (TPSA) is 120 Å². The first-order chi connectivity index (χ1) is 16.0. The summed E-state index contributed by atoms with van der Waals surface area (Å²) in [5.41, 5.74) is 1.51. The van der Waals surface area contributed by atoms with Crippen LogP contribution in [0.4, 0.5) is 5.69 Å². The summed E-state index contributed by atoms with van der Waals surface area (Å²) in [7, 11) is -3.64. The maximum absolute atomic E-state index is 12.5. The number of carbonyl (C=O) groups excluding carboxylic acids is 1. The first kappa shape index (κ1) is 22.8.